The van der Waals surface area contributed by atoms with Gasteiger partial charge in [0.25, 0.3) is 0 Å². The Labute approximate surface area is 159 Å². The fourth-order valence-corrected chi connectivity index (χ4v) is 3.03. The number of halogens is 2. The largest absolute Gasteiger partial charge is 0.354 e. The number of likely N-dealkylation sites (N-methyl/N-ethyl adjacent to an activating group) is 1. The summed E-state index contributed by atoms with van der Waals surface area (Å²) in [4.78, 5) is 16.8. The number of aryl methyl sites for hydroxylation is 1. The highest BCUT2D eigenvalue weighted by Gasteiger charge is 2.19. The number of carbonyl (C=O) groups excluding carboxylic acids is 1. The lowest BCUT2D eigenvalue weighted by Crippen LogP contribution is -2.36. The molecule has 1 unspecified atom stereocenters. The number of nitrogens with one attached hydrogen (secondary N) is 2. The van der Waals surface area contributed by atoms with Gasteiger partial charge in [0.05, 0.1) is 16.9 Å². The van der Waals surface area contributed by atoms with Crippen molar-refractivity contribution in [3.8, 4) is 0 Å². The Hall–Kier alpha value is -1.15. The van der Waals surface area contributed by atoms with E-state index in [1.807, 2.05) is 13.2 Å². The third-order valence-electron chi connectivity index (χ3n) is 3.35. The second kappa shape index (κ2) is 10.7. The van der Waals surface area contributed by atoms with Crippen LogP contribution in [0, 0.1) is 0 Å². The summed E-state index contributed by atoms with van der Waals surface area (Å²) in [7, 11) is 3.61. The molecule has 0 radical (unpaired) electrons. The number of amides is 1. The fourth-order valence-electron chi connectivity index (χ4n) is 2.16. The molecule has 0 fully saturated rings. The van der Waals surface area contributed by atoms with Crippen LogP contribution in [0.2, 0.25) is 0 Å². The van der Waals surface area contributed by atoms with Crippen molar-refractivity contribution >= 4 is 42.1 Å². The summed E-state index contributed by atoms with van der Waals surface area (Å²) in [5, 5.41) is 13.3. The van der Waals surface area contributed by atoms with E-state index in [0.29, 0.717) is 12.5 Å². The molecule has 6 nitrogen and oxygen atoms in total. The number of rotatable bonds is 7. The van der Waals surface area contributed by atoms with Crippen LogP contribution in [-0.4, -0.2) is 34.3 Å². The van der Waals surface area contributed by atoms with Gasteiger partial charge in [0, 0.05) is 43.1 Å². The highest BCUT2D eigenvalue weighted by atomic mass is 35.5. The molecule has 1 amide bonds. The molecule has 9 heteroatoms. The Morgan fingerprint density at radius 3 is 2.58 bits per heavy atom. The van der Waals surface area contributed by atoms with Crippen molar-refractivity contribution in [1.82, 2.24) is 25.4 Å². The molecule has 0 saturated carbocycles. The van der Waals surface area contributed by atoms with Crippen molar-refractivity contribution in [2.45, 2.75) is 32.2 Å². The lowest BCUT2D eigenvalue weighted by Gasteiger charge is -2.14. The molecule has 136 valence electrons. The Morgan fingerprint density at radius 2 is 2.08 bits per heavy atom. The summed E-state index contributed by atoms with van der Waals surface area (Å²) in [6, 6.07) is -0.379. The van der Waals surface area contributed by atoms with E-state index in [0.717, 1.165) is 22.7 Å². The summed E-state index contributed by atoms with van der Waals surface area (Å²) in [6.07, 6.45) is 4.30. The van der Waals surface area contributed by atoms with Crippen molar-refractivity contribution in [2.75, 3.05) is 13.6 Å². The highest BCUT2D eigenvalue weighted by Crippen LogP contribution is 2.19. The molecule has 2 aromatic rings. The predicted octanol–water partition coefficient (Wildman–Crippen LogP) is 2.46. The summed E-state index contributed by atoms with van der Waals surface area (Å²) >= 11 is 1.68. The van der Waals surface area contributed by atoms with Crippen LogP contribution in [0.5, 0.6) is 0 Å². The van der Waals surface area contributed by atoms with Crippen LogP contribution < -0.4 is 10.6 Å². The van der Waals surface area contributed by atoms with E-state index in [2.05, 4.69) is 39.9 Å². The molecule has 0 aliphatic heterocycles. The highest BCUT2D eigenvalue weighted by molar-refractivity contribution is 7.09. The van der Waals surface area contributed by atoms with E-state index >= 15 is 0 Å². The smallest absolute Gasteiger partial charge is 0.241 e. The molecule has 2 aromatic heterocycles. The van der Waals surface area contributed by atoms with Gasteiger partial charge in [-0.1, -0.05) is 13.8 Å². The SMILES string of the molecule is CNC(C(=O)NCCc1csc(C(C)C)n1)c1cnn(C)c1.Cl.Cl. The molecule has 0 spiro atoms. The van der Waals surface area contributed by atoms with Gasteiger partial charge in [0.15, 0.2) is 0 Å². The first kappa shape index (κ1) is 22.9. The van der Waals surface area contributed by atoms with E-state index in [-0.39, 0.29) is 36.8 Å². The lowest BCUT2D eigenvalue weighted by atomic mass is 10.1. The number of aromatic nitrogens is 3. The summed E-state index contributed by atoms with van der Waals surface area (Å²) in [5.41, 5.74) is 1.90. The van der Waals surface area contributed by atoms with E-state index in [9.17, 15) is 4.79 Å². The van der Waals surface area contributed by atoms with Crippen LogP contribution in [0.3, 0.4) is 0 Å². The van der Waals surface area contributed by atoms with Gasteiger partial charge >= 0.3 is 0 Å². The number of hydrogen-bond acceptors (Lipinski definition) is 5. The molecule has 0 bridgehead atoms. The van der Waals surface area contributed by atoms with Gasteiger partial charge in [-0.2, -0.15) is 5.10 Å². The van der Waals surface area contributed by atoms with Crippen molar-refractivity contribution in [3.63, 3.8) is 0 Å². The normalized spacial score (nSPS) is 11.5. The molecule has 2 heterocycles. The summed E-state index contributed by atoms with van der Waals surface area (Å²) in [6.45, 7) is 4.85. The molecule has 1 atom stereocenters. The molecule has 0 aliphatic carbocycles. The van der Waals surface area contributed by atoms with Crippen LogP contribution >= 0.6 is 36.2 Å². The first-order chi connectivity index (χ1) is 10.5. The Morgan fingerprint density at radius 1 is 1.38 bits per heavy atom. The van der Waals surface area contributed by atoms with Gasteiger partial charge in [-0.15, -0.1) is 36.2 Å². The Bertz CT molecular complexity index is 629. The van der Waals surface area contributed by atoms with Crippen LogP contribution in [0.1, 0.15) is 42.1 Å². The maximum atomic E-state index is 12.3. The maximum Gasteiger partial charge on any atom is 0.241 e. The van der Waals surface area contributed by atoms with Crippen molar-refractivity contribution in [3.05, 3.63) is 34.0 Å². The molecule has 0 aromatic carbocycles. The minimum absolute atomic E-state index is 0. The topological polar surface area (TPSA) is 71.8 Å². The van der Waals surface area contributed by atoms with E-state index < -0.39 is 0 Å². The number of nitrogens with zero attached hydrogens (tertiary/aromatic N) is 3. The van der Waals surface area contributed by atoms with Crippen molar-refractivity contribution < 1.29 is 4.79 Å². The molecule has 2 N–H and O–H groups in total. The molecule has 0 saturated heterocycles. The molecule has 0 aliphatic rings. The second-order valence-corrected chi connectivity index (χ2v) is 6.43. The first-order valence-electron chi connectivity index (χ1n) is 7.39. The zero-order valence-electron chi connectivity index (χ0n) is 14.3. The summed E-state index contributed by atoms with van der Waals surface area (Å²) < 4.78 is 1.69. The monoisotopic (exact) mass is 393 g/mol. The fraction of sp³-hybridized carbons (Fsp3) is 0.533. The zero-order chi connectivity index (χ0) is 16.1. The first-order valence-corrected chi connectivity index (χ1v) is 8.27. The van der Waals surface area contributed by atoms with E-state index in [1.165, 1.54) is 0 Å². The van der Waals surface area contributed by atoms with Crippen LogP contribution in [-0.2, 0) is 18.3 Å². The zero-order valence-corrected chi connectivity index (χ0v) is 16.7. The lowest BCUT2D eigenvalue weighted by molar-refractivity contribution is -0.123. The molecular formula is C15H25Cl2N5OS. The van der Waals surface area contributed by atoms with Gasteiger partial charge in [-0.3, -0.25) is 9.48 Å². The molecule has 2 rings (SSSR count). The minimum Gasteiger partial charge on any atom is -0.354 e. The van der Waals surface area contributed by atoms with Crippen LogP contribution in [0.25, 0.3) is 0 Å². The van der Waals surface area contributed by atoms with Gasteiger partial charge in [-0.25, -0.2) is 4.98 Å². The quantitative estimate of drug-likeness (QED) is 0.757. The van der Waals surface area contributed by atoms with Gasteiger partial charge < -0.3 is 10.6 Å². The van der Waals surface area contributed by atoms with Crippen LogP contribution in [0.15, 0.2) is 17.8 Å². The number of carbonyl (C=O) groups is 1. The molecule has 24 heavy (non-hydrogen) atoms. The Kier molecular flexibility index (Phi) is 10.1. The average molecular weight is 394 g/mol. The van der Waals surface area contributed by atoms with Crippen molar-refractivity contribution in [1.29, 1.82) is 0 Å². The average Bonchev–Trinajstić information content (AvgIpc) is 3.09. The summed E-state index contributed by atoms with van der Waals surface area (Å²) in [5.74, 6) is 0.405. The Balaban J connectivity index is 0.00000264. The second-order valence-electron chi connectivity index (χ2n) is 5.54. The van der Waals surface area contributed by atoms with E-state index in [4.69, 9.17) is 0 Å². The third kappa shape index (κ3) is 6.05. The van der Waals surface area contributed by atoms with E-state index in [1.54, 1.807) is 29.3 Å². The van der Waals surface area contributed by atoms with Crippen LogP contribution in [0.4, 0.5) is 0 Å². The number of hydrogen-bond donors (Lipinski definition) is 2. The number of thiazole rings is 1. The third-order valence-corrected chi connectivity index (χ3v) is 4.55. The van der Waals surface area contributed by atoms with Gasteiger partial charge in [-0.05, 0) is 7.05 Å². The predicted molar refractivity (Wildman–Crippen MR) is 102 cm³/mol. The standard InChI is InChI=1S/C15H23N5OS.2ClH/c1-10(2)15-19-12(9-22-15)5-6-17-14(21)13(16-3)11-7-18-20(4)8-11;;/h7-10,13,16H,5-6H2,1-4H3,(H,17,21);2*1H. The van der Waals surface area contributed by atoms with Gasteiger partial charge in [0.2, 0.25) is 5.91 Å². The maximum absolute atomic E-state index is 12.3. The van der Waals surface area contributed by atoms with Crippen molar-refractivity contribution in [2.24, 2.45) is 7.05 Å². The molecular weight excluding hydrogens is 369 g/mol. The minimum atomic E-state index is -0.379. The van der Waals surface area contributed by atoms with Gasteiger partial charge in [0.1, 0.15) is 6.04 Å².